The number of aromatic nitrogens is 3. The van der Waals surface area contributed by atoms with Crippen molar-refractivity contribution in [2.45, 2.75) is 25.2 Å². The van der Waals surface area contributed by atoms with Gasteiger partial charge in [0.1, 0.15) is 30.0 Å². The Balaban J connectivity index is 1.27. The zero-order valence-electron chi connectivity index (χ0n) is 19.7. The molecule has 2 aliphatic rings. The Kier molecular flexibility index (Phi) is 7.45. The largest absolute Gasteiger partial charge is 0.487 e. The molecule has 1 aromatic carbocycles. The average molecular weight is 511 g/mol. The van der Waals surface area contributed by atoms with Gasteiger partial charge in [-0.1, -0.05) is 18.2 Å². The molecule has 0 spiro atoms. The van der Waals surface area contributed by atoms with Gasteiger partial charge in [0.05, 0.1) is 23.8 Å². The number of benzene rings is 1. The zero-order chi connectivity index (χ0) is 24.9. The Morgan fingerprint density at radius 1 is 1.25 bits per heavy atom. The fourth-order valence-electron chi connectivity index (χ4n) is 4.15. The fourth-order valence-corrected chi connectivity index (χ4v) is 4.39. The second-order valence-corrected chi connectivity index (χ2v) is 8.92. The maximum Gasteiger partial charge on any atom is 0.246 e. The molecule has 0 saturated carbocycles. The lowest BCUT2D eigenvalue weighted by Crippen LogP contribution is -2.30. The summed E-state index contributed by atoms with van der Waals surface area (Å²) in [6.45, 7) is 6.45. The standard InChI is InChI=1S/C25H27ClN6O4/c1-2-22(33)32-9-8-17(13-32)29-21-7-5-19-24(31-21)25(28-15-27-19)30-16-4-6-20(18(26)12-16)36-14-23-34-10-3-11-35-23/h2,4-7,12,15,17,23H,1,3,8-11,13-14H2,(H,29,31)(H,27,28,30)/t17-/m0/s1. The van der Waals surface area contributed by atoms with E-state index in [0.717, 1.165) is 18.5 Å². The van der Waals surface area contributed by atoms with Gasteiger partial charge in [-0.2, -0.15) is 0 Å². The van der Waals surface area contributed by atoms with Crippen molar-refractivity contribution in [2.75, 3.05) is 43.5 Å². The fraction of sp³-hybridized carbons (Fsp3) is 0.360. The van der Waals surface area contributed by atoms with Crippen LogP contribution >= 0.6 is 11.6 Å². The molecular weight excluding hydrogens is 484 g/mol. The van der Waals surface area contributed by atoms with E-state index in [2.05, 4.69) is 27.2 Å². The van der Waals surface area contributed by atoms with E-state index in [0.29, 0.717) is 59.7 Å². The smallest absolute Gasteiger partial charge is 0.246 e. The van der Waals surface area contributed by atoms with Crippen LogP contribution in [0.5, 0.6) is 5.75 Å². The van der Waals surface area contributed by atoms with E-state index in [4.69, 9.17) is 30.8 Å². The maximum atomic E-state index is 11.9. The first kappa shape index (κ1) is 24.2. The number of amides is 1. The molecule has 0 bridgehead atoms. The Hall–Kier alpha value is -3.47. The summed E-state index contributed by atoms with van der Waals surface area (Å²) >= 11 is 6.46. The molecule has 2 aliphatic heterocycles. The number of halogens is 1. The van der Waals surface area contributed by atoms with Gasteiger partial charge in [0, 0.05) is 24.8 Å². The van der Waals surface area contributed by atoms with E-state index >= 15 is 0 Å². The Bertz CT molecular complexity index is 1250. The molecule has 0 unspecified atom stereocenters. The summed E-state index contributed by atoms with van der Waals surface area (Å²) in [5, 5.41) is 7.13. The number of nitrogens with one attached hydrogen (secondary N) is 2. The molecular formula is C25H27ClN6O4. The minimum absolute atomic E-state index is 0.0589. The first-order valence-electron chi connectivity index (χ1n) is 11.8. The number of likely N-dealkylation sites (tertiary alicyclic amines) is 1. The summed E-state index contributed by atoms with van der Waals surface area (Å²) in [5.74, 6) is 1.72. The van der Waals surface area contributed by atoms with Crippen molar-refractivity contribution < 1.29 is 19.0 Å². The number of hydrogen-bond donors (Lipinski definition) is 2. The van der Waals surface area contributed by atoms with Crippen LogP contribution in [0.3, 0.4) is 0 Å². The third-order valence-corrected chi connectivity index (χ3v) is 6.27. The van der Waals surface area contributed by atoms with Gasteiger partial charge in [0.25, 0.3) is 0 Å². The van der Waals surface area contributed by atoms with Gasteiger partial charge in [-0.05, 0) is 49.2 Å². The summed E-state index contributed by atoms with van der Waals surface area (Å²) in [6.07, 6.45) is 4.16. The quantitative estimate of drug-likeness (QED) is 0.437. The zero-order valence-corrected chi connectivity index (χ0v) is 20.4. The highest BCUT2D eigenvalue weighted by atomic mass is 35.5. The van der Waals surface area contributed by atoms with Gasteiger partial charge in [0.15, 0.2) is 12.1 Å². The van der Waals surface area contributed by atoms with Crippen molar-refractivity contribution >= 4 is 45.9 Å². The lowest BCUT2D eigenvalue weighted by atomic mass is 10.2. The third-order valence-electron chi connectivity index (χ3n) is 5.97. The summed E-state index contributed by atoms with van der Waals surface area (Å²) < 4.78 is 16.8. The van der Waals surface area contributed by atoms with Gasteiger partial charge in [0.2, 0.25) is 5.91 Å². The van der Waals surface area contributed by atoms with Crippen molar-refractivity contribution in [3.8, 4) is 5.75 Å². The molecule has 2 aromatic heterocycles. The van der Waals surface area contributed by atoms with E-state index in [1.165, 1.54) is 12.4 Å². The summed E-state index contributed by atoms with van der Waals surface area (Å²) in [5.41, 5.74) is 2.04. The number of hydrogen-bond acceptors (Lipinski definition) is 9. The number of anilines is 3. The van der Waals surface area contributed by atoms with Crippen LogP contribution in [0.1, 0.15) is 12.8 Å². The van der Waals surface area contributed by atoms with E-state index in [-0.39, 0.29) is 24.8 Å². The second-order valence-electron chi connectivity index (χ2n) is 8.51. The molecule has 3 aromatic rings. The van der Waals surface area contributed by atoms with Crippen LogP contribution in [-0.2, 0) is 14.3 Å². The van der Waals surface area contributed by atoms with Crippen LogP contribution in [0.15, 0.2) is 49.3 Å². The number of carbonyl (C=O) groups is 1. The number of pyridine rings is 1. The van der Waals surface area contributed by atoms with Gasteiger partial charge >= 0.3 is 0 Å². The number of carbonyl (C=O) groups excluding carboxylic acids is 1. The van der Waals surface area contributed by atoms with Crippen molar-refractivity contribution in [1.82, 2.24) is 19.9 Å². The molecule has 2 N–H and O–H groups in total. The van der Waals surface area contributed by atoms with Crippen molar-refractivity contribution in [2.24, 2.45) is 0 Å². The van der Waals surface area contributed by atoms with Crippen molar-refractivity contribution in [3.63, 3.8) is 0 Å². The Morgan fingerprint density at radius 3 is 2.92 bits per heavy atom. The number of nitrogens with zero attached hydrogens (tertiary/aromatic N) is 4. The maximum absolute atomic E-state index is 11.9. The highest BCUT2D eigenvalue weighted by molar-refractivity contribution is 6.32. The molecule has 0 aliphatic carbocycles. The molecule has 1 amide bonds. The Morgan fingerprint density at radius 2 is 2.11 bits per heavy atom. The lowest BCUT2D eigenvalue weighted by molar-refractivity contribution is -0.191. The molecule has 5 rings (SSSR count). The normalized spacial score (nSPS) is 18.2. The van der Waals surface area contributed by atoms with Crippen LogP contribution in [0, 0.1) is 0 Å². The minimum Gasteiger partial charge on any atom is -0.487 e. The van der Waals surface area contributed by atoms with Crippen LogP contribution < -0.4 is 15.4 Å². The lowest BCUT2D eigenvalue weighted by Gasteiger charge is -2.23. The predicted octanol–water partition coefficient (Wildman–Crippen LogP) is 3.76. The summed E-state index contributed by atoms with van der Waals surface area (Å²) in [7, 11) is 0. The highest BCUT2D eigenvalue weighted by Gasteiger charge is 2.25. The van der Waals surface area contributed by atoms with Crippen LogP contribution in [-0.4, -0.2) is 71.0 Å². The number of rotatable bonds is 8. The van der Waals surface area contributed by atoms with E-state index < -0.39 is 0 Å². The molecule has 2 saturated heterocycles. The second kappa shape index (κ2) is 11.1. The predicted molar refractivity (Wildman–Crippen MR) is 137 cm³/mol. The molecule has 36 heavy (non-hydrogen) atoms. The molecule has 1 atom stereocenters. The SMILES string of the molecule is C=CC(=O)N1CC[C@H](Nc2ccc3ncnc(Nc4ccc(OCC5OCCCO5)c(Cl)c4)c3n2)C1. The first-order valence-corrected chi connectivity index (χ1v) is 12.2. The van der Waals surface area contributed by atoms with Crippen LogP contribution in [0.4, 0.5) is 17.3 Å². The van der Waals surface area contributed by atoms with Crippen molar-refractivity contribution in [1.29, 1.82) is 0 Å². The molecule has 188 valence electrons. The summed E-state index contributed by atoms with van der Waals surface area (Å²) in [6, 6.07) is 9.27. The average Bonchev–Trinajstić information content (AvgIpc) is 3.37. The van der Waals surface area contributed by atoms with Gasteiger partial charge in [-0.25, -0.2) is 15.0 Å². The molecule has 10 nitrogen and oxygen atoms in total. The topological polar surface area (TPSA) is 111 Å². The van der Waals surface area contributed by atoms with Gasteiger partial charge in [-0.15, -0.1) is 0 Å². The molecule has 4 heterocycles. The summed E-state index contributed by atoms with van der Waals surface area (Å²) in [4.78, 5) is 27.1. The molecule has 2 fully saturated rings. The molecule has 0 radical (unpaired) electrons. The van der Waals surface area contributed by atoms with Gasteiger partial charge < -0.3 is 29.7 Å². The van der Waals surface area contributed by atoms with Crippen LogP contribution in [0.2, 0.25) is 5.02 Å². The van der Waals surface area contributed by atoms with Crippen LogP contribution in [0.25, 0.3) is 11.0 Å². The van der Waals surface area contributed by atoms with E-state index in [1.807, 2.05) is 18.2 Å². The molecule has 11 heteroatoms. The van der Waals surface area contributed by atoms with Crippen molar-refractivity contribution in [3.05, 3.63) is 54.3 Å². The Labute approximate surface area is 213 Å². The number of ether oxygens (including phenoxy) is 3. The van der Waals surface area contributed by atoms with E-state index in [1.54, 1.807) is 17.0 Å². The first-order chi connectivity index (χ1) is 17.6. The minimum atomic E-state index is -0.385. The number of fused-ring (bicyclic) bond motifs is 1. The monoisotopic (exact) mass is 510 g/mol. The van der Waals surface area contributed by atoms with E-state index in [9.17, 15) is 4.79 Å². The van der Waals surface area contributed by atoms with Gasteiger partial charge in [-0.3, -0.25) is 4.79 Å². The third kappa shape index (κ3) is 5.67. The highest BCUT2D eigenvalue weighted by Crippen LogP contribution is 2.31.